The number of carbonyl (C=O) groups excluding carboxylic acids is 1. The number of aromatic nitrogens is 6. The van der Waals surface area contributed by atoms with Gasteiger partial charge in [-0.05, 0) is 56.0 Å². The summed E-state index contributed by atoms with van der Waals surface area (Å²) in [4.78, 5) is 22.0. The lowest BCUT2D eigenvalue weighted by Crippen LogP contribution is -2.16. The number of amides is 1. The highest BCUT2D eigenvalue weighted by atomic mass is 19.1. The van der Waals surface area contributed by atoms with Gasteiger partial charge in [0.2, 0.25) is 0 Å². The molecular formula is C26H28FN7O. The molecule has 1 amide bonds. The summed E-state index contributed by atoms with van der Waals surface area (Å²) in [5.41, 5.74) is 3.05. The normalized spacial score (nSPS) is 14.3. The van der Waals surface area contributed by atoms with E-state index < -0.39 is 11.7 Å². The Bertz CT molecular complexity index is 1390. The second kappa shape index (κ2) is 9.40. The van der Waals surface area contributed by atoms with Crippen LogP contribution in [0.25, 0.3) is 17.2 Å². The maximum atomic E-state index is 14.8. The van der Waals surface area contributed by atoms with Crippen LogP contribution in [-0.2, 0) is 13.0 Å². The molecule has 9 heteroatoms. The highest BCUT2D eigenvalue weighted by Crippen LogP contribution is 2.39. The van der Waals surface area contributed by atoms with Crippen molar-refractivity contribution in [1.82, 2.24) is 29.3 Å². The second-order valence-electron chi connectivity index (χ2n) is 8.66. The quantitative estimate of drug-likeness (QED) is 0.437. The first-order valence-electron chi connectivity index (χ1n) is 12.1. The van der Waals surface area contributed by atoms with Crippen LogP contribution in [-0.4, -0.2) is 35.2 Å². The van der Waals surface area contributed by atoms with Gasteiger partial charge in [0.05, 0.1) is 23.3 Å². The molecule has 6 rings (SSSR count). The van der Waals surface area contributed by atoms with Crippen molar-refractivity contribution in [3.63, 3.8) is 0 Å². The number of aryl methyl sites for hydroxylation is 2. The van der Waals surface area contributed by atoms with Crippen molar-refractivity contribution in [3.05, 3.63) is 71.3 Å². The van der Waals surface area contributed by atoms with E-state index in [0.29, 0.717) is 23.3 Å². The highest BCUT2D eigenvalue weighted by molar-refractivity contribution is 6.04. The number of hydrogen-bond acceptors (Lipinski definition) is 5. The number of halogens is 1. The summed E-state index contributed by atoms with van der Waals surface area (Å²) in [7, 11) is 0. The summed E-state index contributed by atoms with van der Waals surface area (Å²) >= 11 is 0. The molecule has 1 saturated carbocycles. The molecule has 180 valence electrons. The maximum Gasteiger partial charge on any atom is 0.259 e. The Kier molecular flexibility index (Phi) is 6.15. The minimum atomic E-state index is -0.581. The van der Waals surface area contributed by atoms with Crippen LogP contribution in [0.5, 0.6) is 0 Å². The first kappa shape index (κ1) is 22.9. The summed E-state index contributed by atoms with van der Waals surface area (Å²) in [5.74, 6) is 1.32. The van der Waals surface area contributed by atoms with Gasteiger partial charge >= 0.3 is 0 Å². The van der Waals surface area contributed by atoms with Gasteiger partial charge in [0.15, 0.2) is 5.82 Å². The Hall–Kier alpha value is -3.88. The van der Waals surface area contributed by atoms with Gasteiger partial charge in [0.25, 0.3) is 5.91 Å². The molecule has 0 atom stereocenters. The van der Waals surface area contributed by atoms with Crippen molar-refractivity contribution in [2.75, 3.05) is 5.32 Å². The van der Waals surface area contributed by atoms with E-state index in [1.807, 2.05) is 42.2 Å². The second-order valence-corrected chi connectivity index (χ2v) is 8.66. The molecule has 1 aliphatic heterocycles. The van der Waals surface area contributed by atoms with Crippen molar-refractivity contribution < 1.29 is 9.18 Å². The van der Waals surface area contributed by atoms with Crippen LogP contribution in [0.2, 0.25) is 0 Å². The number of fused-ring (bicyclic) bond motifs is 1. The monoisotopic (exact) mass is 473 g/mol. The SMILES string of the molecule is CC.Cc1cc(F)c(C(=O)Nc2cccc(-c3nnc4n3CCC4)n2)cc1-n1cnc(C2CC2)c1. The third-order valence-corrected chi connectivity index (χ3v) is 6.24. The van der Waals surface area contributed by atoms with Gasteiger partial charge in [-0.2, -0.15) is 0 Å². The molecule has 1 aromatic carbocycles. The Morgan fingerprint density at radius 3 is 2.80 bits per heavy atom. The lowest BCUT2D eigenvalue weighted by Gasteiger charge is -2.12. The number of nitrogens with zero attached hydrogens (tertiary/aromatic N) is 6. The predicted octanol–water partition coefficient (Wildman–Crippen LogP) is 5.08. The van der Waals surface area contributed by atoms with Crippen LogP contribution >= 0.6 is 0 Å². The van der Waals surface area contributed by atoms with E-state index >= 15 is 0 Å². The fourth-order valence-corrected chi connectivity index (χ4v) is 4.33. The number of benzene rings is 1. The summed E-state index contributed by atoms with van der Waals surface area (Å²) < 4.78 is 18.7. The summed E-state index contributed by atoms with van der Waals surface area (Å²) in [5, 5.41) is 11.2. The number of nitrogens with one attached hydrogen (secondary N) is 1. The molecule has 1 N–H and O–H groups in total. The molecule has 3 aromatic heterocycles. The number of carbonyl (C=O) groups is 1. The third-order valence-electron chi connectivity index (χ3n) is 6.24. The lowest BCUT2D eigenvalue weighted by molar-refractivity contribution is 0.102. The summed E-state index contributed by atoms with van der Waals surface area (Å²) in [6, 6.07) is 8.23. The summed E-state index contributed by atoms with van der Waals surface area (Å²) in [6.07, 6.45) is 7.91. The molecule has 0 bridgehead atoms. The average molecular weight is 474 g/mol. The third kappa shape index (κ3) is 4.45. The number of anilines is 1. The molecule has 1 aliphatic carbocycles. The maximum absolute atomic E-state index is 14.8. The Labute approximate surface area is 203 Å². The first-order chi connectivity index (χ1) is 17.1. The Morgan fingerprint density at radius 1 is 1.17 bits per heavy atom. The fraction of sp³-hybridized carbons (Fsp3) is 0.346. The van der Waals surface area contributed by atoms with E-state index in [0.717, 1.165) is 55.0 Å². The smallest absolute Gasteiger partial charge is 0.259 e. The summed E-state index contributed by atoms with van der Waals surface area (Å²) in [6.45, 7) is 6.67. The van der Waals surface area contributed by atoms with Crippen molar-refractivity contribution in [1.29, 1.82) is 0 Å². The lowest BCUT2D eigenvalue weighted by atomic mass is 10.1. The number of rotatable bonds is 5. The van der Waals surface area contributed by atoms with E-state index in [9.17, 15) is 9.18 Å². The Balaban J connectivity index is 0.00000124. The molecule has 4 aromatic rings. The zero-order chi connectivity index (χ0) is 24.5. The van der Waals surface area contributed by atoms with Gasteiger partial charge in [-0.1, -0.05) is 19.9 Å². The molecule has 35 heavy (non-hydrogen) atoms. The predicted molar refractivity (Wildman–Crippen MR) is 131 cm³/mol. The van der Waals surface area contributed by atoms with Crippen molar-refractivity contribution in [2.45, 2.75) is 58.9 Å². The molecule has 0 unspecified atom stereocenters. The van der Waals surface area contributed by atoms with Crippen LogP contribution in [0.15, 0.2) is 42.9 Å². The minimum absolute atomic E-state index is 0.0483. The number of hydrogen-bond donors (Lipinski definition) is 1. The van der Waals surface area contributed by atoms with E-state index in [2.05, 4.69) is 25.5 Å². The van der Waals surface area contributed by atoms with Crippen molar-refractivity contribution in [3.8, 4) is 17.2 Å². The van der Waals surface area contributed by atoms with Gasteiger partial charge in [-0.25, -0.2) is 14.4 Å². The number of pyridine rings is 1. The molecule has 4 heterocycles. The van der Waals surface area contributed by atoms with E-state index in [4.69, 9.17) is 0 Å². The van der Waals surface area contributed by atoms with Gasteiger partial charge < -0.3 is 14.5 Å². The average Bonchev–Trinajstić information content (AvgIpc) is 3.23. The molecule has 0 saturated heterocycles. The molecule has 0 spiro atoms. The van der Waals surface area contributed by atoms with Crippen LogP contribution in [0, 0.1) is 12.7 Å². The van der Waals surface area contributed by atoms with Crippen molar-refractivity contribution >= 4 is 11.7 Å². The van der Waals surface area contributed by atoms with Crippen LogP contribution in [0.3, 0.4) is 0 Å². The Morgan fingerprint density at radius 2 is 2.00 bits per heavy atom. The largest absolute Gasteiger partial charge is 0.310 e. The zero-order valence-electron chi connectivity index (χ0n) is 20.1. The number of imidazole rings is 1. The molecular weight excluding hydrogens is 445 g/mol. The van der Waals surface area contributed by atoms with Gasteiger partial charge in [0.1, 0.15) is 23.2 Å². The topological polar surface area (TPSA) is 90.5 Å². The molecule has 0 radical (unpaired) electrons. The van der Waals surface area contributed by atoms with Gasteiger partial charge in [-0.15, -0.1) is 10.2 Å². The highest BCUT2D eigenvalue weighted by Gasteiger charge is 2.26. The van der Waals surface area contributed by atoms with Crippen LogP contribution in [0.4, 0.5) is 10.2 Å². The van der Waals surface area contributed by atoms with Crippen LogP contribution in [0.1, 0.15) is 66.5 Å². The standard InChI is InChI=1S/C24H22FN7O.C2H6/c1-14-10-17(25)16(11-20(14)31-12-19(26-13-31)15-7-8-15)24(33)28-21-5-2-4-18(27-21)23-30-29-22-6-3-9-32(22)23;1-2/h2,4-5,10-13,15H,3,6-9H2,1H3,(H,27,28,33);1-2H3. The van der Waals surface area contributed by atoms with Gasteiger partial charge in [-0.3, -0.25) is 4.79 Å². The zero-order valence-corrected chi connectivity index (χ0v) is 20.1. The van der Waals surface area contributed by atoms with E-state index in [1.165, 1.54) is 6.07 Å². The van der Waals surface area contributed by atoms with Crippen molar-refractivity contribution in [2.24, 2.45) is 0 Å². The minimum Gasteiger partial charge on any atom is -0.310 e. The van der Waals surface area contributed by atoms with E-state index in [1.54, 1.807) is 24.5 Å². The fourth-order valence-electron chi connectivity index (χ4n) is 4.33. The van der Waals surface area contributed by atoms with Gasteiger partial charge in [0, 0.05) is 25.1 Å². The molecule has 2 aliphatic rings. The molecule has 1 fully saturated rings. The van der Waals surface area contributed by atoms with Crippen LogP contribution < -0.4 is 5.32 Å². The van der Waals surface area contributed by atoms with E-state index in [-0.39, 0.29) is 5.56 Å². The first-order valence-corrected chi connectivity index (χ1v) is 12.1. The molecule has 8 nitrogen and oxygen atoms in total.